The zero-order valence-electron chi connectivity index (χ0n) is 12.7. The van der Waals surface area contributed by atoms with Crippen LogP contribution >= 0.6 is 0 Å². The van der Waals surface area contributed by atoms with Gasteiger partial charge in [0.05, 0.1) is 13.0 Å². The van der Waals surface area contributed by atoms with E-state index in [1.165, 1.54) is 0 Å². The molecule has 20 heavy (non-hydrogen) atoms. The van der Waals surface area contributed by atoms with E-state index in [1.807, 2.05) is 4.90 Å². The van der Waals surface area contributed by atoms with E-state index in [1.54, 1.807) is 21.0 Å². The highest BCUT2D eigenvalue weighted by atomic mass is 16.5. The number of ether oxygens (including phenoxy) is 1. The number of carbonyl (C=O) groups excluding carboxylic acids is 3. The van der Waals surface area contributed by atoms with Crippen LogP contribution in [0.3, 0.4) is 0 Å². The summed E-state index contributed by atoms with van der Waals surface area (Å²) in [7, 11) is 1.58. The van der Waals surface area contributed by atoms with Crippen molar-refractivity contribution in [2.24, 2.45) is 5.41 Å². The van der Waals surface area contributed by atoms with Gasteiger partial charge in [-0.25, -0.2) is 0 Å². The van der Waals surface area contributed by atoms with Gasteiger partial charge < -0.3 is 19.2 Å². The van der Waals surface area contributed by atoms with E-state index < -0.39 is 0 Å². The monoisotopic (exact) mass is 283 g/mol. The van der Waals surface area contributed by atoms with E-state index in [2.05, 4.69) is 0 Å². The number of hydrogen-bond acceptors (Lipinski definition) is 4. The molecule has 0 N–H and O–H groups in total. The minimum Gasteiger partial charge on any atom is -0.384 e. The summed E-state index contributed by atoms with van der Waals surface area (Å²) < 4.78 is 4.91. The van der Waals surface area contributed by atoms with Crippen LogP contribution in [0.4, 0.5) is 0 Å². The molecule has 0 bridgehead atoms. The van der Waals surface area contributed by atoms with E-state index in [9.17, 15) is 14.4 Å². The fraction of sp³-hybridized carbons (Fsp3) is 0.800. The molecule has 1 rings (SSSR count). The number of rotatable bonds is 7. The molecule has 1 saturated heterocycles. The molecule has 1 aliphatic rings. The van der Waals surface area contributed by atoms with Gasteiger partial charge in [-0.05, 0) is 32.1 Å². The molecule has 114 valence electrons. The molecule has 1 fully saturated rings. The predicted molar refractivity (Wildman–Crippen MR) is 75.3 cm³/mol. The van der Waals surface area contributed by atoms with Crippen LogP contribution in [0.15, 0.2) is 0 Å². The van der Waals surface area contributed by atoms with Gasteiger partial charge in [0, 0.05) is 33.0 Å². The highest BCUT2D eigenvalue weighted by Crippen LogP contribution is 2.39. The Bertz CT molecular complexity index is 352. The average Bonchev–Trinajstić information content (AvgIpc) is 2.35. The lowest BCUT2D eigenvalue weighted by Crippen LogP contribution is -2.44. The number of carbonyl (C=O) groups is 3. The van der Waals surface area contributed by atoms with Gasteiger partial charge in [0.1, 0.15) is 11.6 Å². The topological polar surface area (TPSA) is 63.7 Å². The molecule has 0 atom stereocenters. The van der Waals surface area contributed by atoms with Crippen molar-refractivity contribution in [3.8, 4) is 0 Å². The number of methoxy groups -OCH3 is 1. The molecule has 0 aliphatic carbocycles. The number of hydrogen-bond donors (Lipinski definition) is 0. The largest absolute Gasteiger partial charge is 0.384 e. The first kappa shape index (κ1) is 16.8. The maximum Gasteiger partial charge on any atom is 0.224 e. The van der Waals surface area contributed by atoms with E-state index in [-0.39, 0.29) is 22.9 Å². The number of Topliss-reactive ketones (excluding diaryl/α,β-unsaturated/α-hetero) is 2. The molecular formula is C15H25NO4. The Morgan fingerprint density at radius 1 is 1.05 bits per heavy atom. The molecular weight excluding hydrogens is 258 g/mol. The zero-order valence-corrected chi connectivity index (χ0v) is 12.7. The standard InChI is InChI=1S/C15H25NO4/c1-12(17)10-15(11-13(2)18)5-7-16(8-6-15)14(19)4-9-20-3/h4-11H2,1-3H3. The van der Waals surface area contributed by atoms with Gasteiger partial charge in [-0.1, -0.05) is 0 Å². The molecule has 0 aromatic carbocycles. The molecule has 0 saturated carbocycles. The molecule has 0 aromatic heterocycles. The maximum atomic E-state index is 11.9. The number of amides is 1. The van der Waals surface area contributed by atoms with Gasteiger partial charge in [-0.15, -0.1) is 0 Å². The molecule has 5 heteroatoms. The van der Waals surface area contributed by atoms with Crippen molar-refractivity contribution in [1.82, 2.24) is 4.90 Å². The van der Waals surface area contributed by atoms with E-state index in [4.69, 9.17) is 4.74 Å². The van der Waals surface area contributed by atoms with Crippen LogP contribution in [0.2, 0.25) is 0 Å². The van der Waals surface area contributed by atoms with Crippen molar-refractivity contribution in [1.29, 1.82) is 0 Å². The van der Waals surface area contributed by atoms with Crippen molar-refractivity contribution in [2.75, 3.05) is 26.8 Å². The van der Waals surface area contributed by atoms with Crippen molar-refractivity contribution < 1.29 is 19.1 Å². The van der Waals surface area contributed by atoms with Crippen LogP contribution in [0, 0.1) is 5.41 Å². The normalized spacial score (nSPS) is 17.9. The second-order valence-electron chi connectivity index (χ2n) is 5.88. The van der Waals surface area contributed by atoms with Crippen LogP contribution in [0.25, 0.3) is 0 Å². The van der Waals surface area contributed by atoms with E-state index >= 15 is 0 Å². The average molecular weight is 283 g/mol. The number of likely N-dealkylation sites (tertiary alicyclic amines) is 1. The van der Waals surface area contributed by atoms with Gasteiger partial charge in [-0.2, -0.15) is 0 Å². The zero-order chi connectivity index (χ0) is 15.2. The SMILES string of the molecule is COCCC(=O)N1CCC(CC(C)=O)(CC(C)=O)CC1. The third kappa shape index (κ3) is 5.04. The first-order valence-electron chi connectivity index (χ1n) is 7.14. The molecule has 5 nitrogen and oxygen atoms in total. The first-order chi connectivity index (χ1) is 9.38. The first-order valence-corrected chi connectivity index (χ1v) is 7.14. The smallest absolute Gasteiger partial charge is 0.224 e. The van der Waals surface area contributed by atoms with Gasteiger partial charge in [0.15, 0.2) is 0 Å². The summed E-state index contributed by atoms with van der Waals surface area (Å²) in [6.07, 6.45) is 2.72. The summed E-state index contributed by atoms with van der Waals surface area (Å²) in [6.45, 7) is 4.82. The van der Waals surface area contributed by atoms with Crippen LogP contribution in [-0.2, 0) is 19.1 Å². The fourth-order valence-corrected chi connectivity index (χ4v) is 3.05. The lowest BCUT2D eigenvalue weighted by atomic mass is 9.71. The van der Waals surface area contributed by atoms with Gasteiger partial charge in [0.2, 0.25) is 5.91 Å². The Morgan fingerprint density at radius 3 is 1.95 bits per heavy atom. The third-order valence-electron chi connectivity index (χ3n) is 3.94. The van der Waals surface area contributed by atoms with Crippen molar-refractivity contribution in [3.63, 3.8) is 0 Å². The van der Waals surface area contributed by atoms with Crippen LogP contribution in [0.1, 0.15) is 46.0 Å². The number of piperidine rings is 1. The minimum absolute atomic E-state index is 0.0890. The summed E-state index contributed by atoms with van der Waals surface area (Å²) in [6, 6.07) is 0. The fourth-order valence-electron chi connectivity index (χ4n) is 3.05. The van der Waals surface area contributed by atoms with E-state index in [0.717, 1.165) is 12.8 Å². The molecule has 0 radical (unpaired) electrons. The molecule has 0 spiro atoms. The second kappa shape index (κ2) is 7.53. The molecule has 1 heterocycles. The third-order valence-corrected chi connectivity index (χ3v) is 3.94. The Hall–Kier alpha value is -1.23. The van der Waals surface area contributed by atoms with Crippen LogP contribution in [-0.4, -0.2) is 49.2 Å². The summed E-state index contributed by atoms with van der Waals surface area (Å²) in [5, 5.41) is 0. The Balaban J connectivity index is 2.60. The molecule has 0 aromatic rings. The van der Waals surface area contributed by atoms with Crippen molar-refractivity contribution in [2.45, 2.75) is 46.0 Å². The predicted octanol–water partition coefficient (Wildman–Crippen LogP) is 1.59. The quantitative estimate of drug-likeness (QED) is 0.712. The highest BCUT2D eigenvalue weighted by Gasteiger charge is 2.37. The van der Waals surface area contributed by atoms with Crippen LogP contribution in [0.5, 0.6) is 0 Å². The Kier molecular flexibility index (Phi) is 6.33. The van der Waals surface area contributed by atoms with Crippen molar-refractivity contribution in [3.05, 3.63) is 0 Å². The molecule has 1 aliphatic heterocycles. The van der Waals surface area contributed by atoms with E-state index in [0.29, 0.717) is 39.0 Å². The lowest BCUT2D eigenvalue weighted by molar-refractivity contribution is -0.135. The van der Waals surface area contributed by atoms with Gasteiger partial charge in [-0.3, -0.25) is 4.79 Å². The summed E-state index contributed by atoms with van der Waals surface area (Å²) in [5.41, 5.74) is -0.240. The second-order valence-corrected chi connectivity index (χ2v) is 5.88. The number of ketones is 2. The summed E-state index contributed by atoms with van der Waals surface area (Å²) >= 11 is 0. The van der Waals surface area contributed by atoms with Gasteiger partial charge >= 0.3 is 0 Å². The van der Waals surface area contributed by atoms with Crippen LogP contribution < -0.4 is 0 Å². The highest BCUT2D eigenvalue weighted by molar-refractivity contribution is 5.80. The lowest BCUT2D eigenvalue weighted by Gasteiger charge is -2.41. The Labute approximate surface area is 120 Å². The molecule has 1 amide bonds. The minimum atomic E-state index is -0.240. The molecule has 0 unspecified atom stereocenters. The van der Waals surface area contributed by atoms with Crippen molar-refractivity contribution >= 4 is 17.5 Å². The number of nitrogens with zero attached hydrogens (tertiary/aromatic N) is 1. The summed E-state index contributed by atoms with van der Waals surface area (Å²) in [5.74, 6) is 0.321. The summed E-state index contributed by atoms with van der Waals surface area (Å²) in [4.78, 5) is 36.6. The maximum absolute atomic E-state index is 11.9. The van der Waals surface area contributed by atoms with Gasteiger partial charge in [0.25, 0.3) is 0 Å². The Morgan fingerprint density at radius 2 is 1.55 bits per heavy atom.